The van der Waals surface area contributed by atoms with Gasteiger partial charge in [0.25, 0.3) is 5.91 Å². The Kier molecular flexibility index (Phi) is 7.47. The van der Waals surface area contributed by atoms with Crippen molar-refractivity contribution in [3.05, 3.63) is 71.4 Å². The van der Waals surface area contributed by atoms with Gasteiger partial charge in [-0.2, -0.15) is 5.26 Å². The zero-order valence-electron chi connectivity index (χ0n) is 17.5. The van der Waals surface area contributed by atoms with E-state index in [2.05, 4.69) is 34.6 Å². The molecule has 6 nitrogen and oxygen atoms in total. The fourth-order valence-corrected chi connectivity index (χ4v) is 3.37. The van der Waals surface area contributed by atoms with Gasteiger partial charge < -0.3 is 20.3 Å². The van der Waals surface area contributed by atoms with E-state index >= 15 is 0 Å². The number of carbonyl (C=O) groups is 1. The van der Waals surface area contributed by atoms with Gasteiger partial charge in [0, 0.05) is 19.3 Å². The molecule has 3 rings (SSSR count). The summed E-state index contributed by atoms with van der Waals surface area (Å²) in [4.78, 5) is 14.9. The van der Waals surface area contributed by atoms with E-state index in [1.165, 1.54) is 11.8 Å². The number of rotatable bonds is 7. The summed E-state index contributed by atoms with van der Waals surface area (Å²) >= 11 is 0. The third kappa shape index (κ3) is 5.40. The largest absolute Gasteiger partial charge is 0.378 e. The molecule has 6 heteroatoms. The van der Waals surface area contributed by atoms with Gasteiger partial charge in [0.15, 0.2) is 0 Å². The number of ether oxygens (including phenoxy) is 1. The summed E-state index contributed by atoms with van der Waals surface area (Å²) in [6.45, 7) is 7.01. The van der Waals surface area contributed by atoms with E-state index in [1.807, 2.05) is 49.4 Å². The summed E-state index contributed by atoms with van der Waals surface area (Å²) in [5.74, 6) is -0.402. The van der Waals surface area contributed by atoms with Gasteiger partial charge in [-0.3, -0.25) is 4.79 Å². The molecule has 156 valence electrons. The van der Waals surface area contributed by atoms with Crippen molar-refractivity contribution in [2.24, 2.45) is 0 Å². The molecule has 1 aliphatic heterocycles. The van der Waals surface area contributed by atoms with Crippen molar-refractivity contribution in [2.45, 2.75) is 26.3 Å². The first kappa shape index (κ1) is 21.4. The standard InChI is InChI=1S/C24H28N4O2/c1-3-19-8-10-20(11-9-19)18(2)27-24(29)21(16-25)17-26-22-6-4-5-7-23(22)28-12-14-30-15-13-28/h4-11,17-18,26H,3,12-15H2,1-2H3,(H,27,29)/b21-17-. The maximum Gasteiger partial charge on any atom is 0.263 e. The second-order valence-corrected chi connectivity index (χ2v) is 7.22. The first-order valence-corrected chi connectivity index (χ1v) is 10.3. The topological polar surface area (TPSA) is 77.4 Å². The Hall–Kier alpha value is -3.30. The molecule has 2 aromatic carbocycles. The predicted molar refractivity (Wildman–Crippen MR) is 119 cm³/mol. The number of hydrogen-bond donors (Lipinski definition) is 2. The van der Waals surface area contributed by atoms with Crippen LogP contribution in [0, 0.1) is 11.3 Å². The Morgan fingerprint density at radius 3 is 2.57 bits per heavy atom. The number of aryl methyl sites for hydroxylation is 1. The second kappa shape index (κ2) is 10.5. The van der Waals surface area contributed by atoms with Crippen LogP contribution in [0.1, 0.15) is 31.0 Å². The third-order valence-electron chi connectivity index (χ3n) is 5.23. The average Bonchev–Trinajstić information content (AvgIpc) is 2.80. The van der Waals surface area contributed by atoms with E-state index in [4.69, 9.17) is 4.74 Å². The van der Waals surface area contributed by atoms with Crippen molar-refractivity contribution in [1.29, 1.82) is 5.26 Å². The minimum atomic E-state index is -0.402. The molecular weight excluding hydrogens is 376 g/mol. The third-order valence-corrected chi connectivity index (χ3v) is 5.23. The van der Waals surface area contributed by atoms with Crippen molar-refractivity contribution >= 4 is 17.3 Å². The van der Waals surface area contributed by atoms with Crippen LogP contribution in [0.4, 0.5) is 11.4 Å². The number of anilines is 2. The molecule has 2 N–H and O–H groups in total. The van der Waals surface area contributed by atoms with Crippen LogP contribution >= 0.6 is 0 Å². The number of carbonyl (C=O) groups excluding carboxylic acids is 1. The van der Waals surface area contributed by atoms with Gasteiger partial charge in [-0.15, -0.1) is 0 Å². The van der Waals surface area contributed by atoms with Crippen LogP contribution in [0.25, 0.3) is 0 Å². The minimum Gasteiger partial charge on any atom is -0.378 e. The van der Waals surface area contributed by atoms with E-state index in [-0.39, 0.29) is 11.6 Å². The molecule has 1 amide bonds. The lowest BCUT2D eigenvalue weighted by Crippen LogP contribution is -2.36. The molecule has 2 aromatic rings. The molecule has 0 bridgehead atoms. The van der Waals surface area contributed by atoms with Gasteiger partial charge >= 0.3 is 0 Å². The Balaban J connectivity index is 1.68. The number of nitrogens with one attached hydrogen (secondary N) is 2. The van der Waals surface area contributed by atoms with E-state index in [0.717, 1.165) is 36.4 Å². The first-order chi connectivity index (χ1) is 14.6. The fraction of sp³-hybridized carbons (Fsp3) is 0.333. The zero-order chi connectivity index (χ0) is 21.3. The number of nitrogens with zero attached hydrogens (tertiary/aromatic N) is 2. The smallest absolute Gasteiger partial charge is 0.263 e. The molecular formula is C24H28N4O2. The number of morpholine rings is 1. The molecule has 1 fully saturated rings. The highest BCUT2D eigenvalue weighted by Crippen LogP contribution is 2.26. The van der Waals surface area contributed by atoms with E-state index < -0.39 is 5.91 Å². The predicted octanol–water partition coefficient (Wildman–Crippen LogP) is 3.78. The number of nitriles is 1. The van der Waals surface area contributed by atoms with Crippen LogP contribution in [0.2, 0.25) is 0 Å². The normalized spacial score (nSPS) is 15.2. The van der Waals surface area contributed by atoms with Crippen molar-refractivity contribution in [3.8, 4) is 6.07 Å². The van der Waals surface area contributed by atoms with Crippen LogP contribution in [-0.4, -0.2) is 32.2 Å². The van der Waals surface area contributed by atoms with Crippen molar-refractivity contribution in [3.63, 3.8) is 0 Å². The van der Waals surface area contributed by atoms with Gasteiger partial charge in [-0.1, -0.05) is 43.3 Å². The summed E-state index contributed by atoms with van der Waals surface area (Å²) in [6, 6.07) is 17.8. The summed E-state index contributed by atoms with van der Waals surface area (Å²) in [6.07, 6.45) is 2.45. The van der Waals surface area contributed by atoms with E-state index in [0.29, 0.717) is 13.2 Å². The monoisotopic (exact) mass is 404 g/mol. The average molecular weight is 405 g/mol. The van der Waals surface area contributed by atoms with Crippen LogP contribution in [-0.2, 0) is 16.0 Å². The van der Waals surface area contributed by atoms with Gasteiger partial charge in [-0.25, -0.2) is 0 Å². The quantitative estimate of drug-likeness (QED) is 0.542. The van der Waals surface area contributed by atoms with Crippen LogP contribution in [0.15, 0.2) is 60.3 Å². The lowest BCUT2D eigenvalue weighted by atomic mass is 10.0. The Morgan fingerprint density at radius 1 is 1.20 bits per heavy atom. The van der Waals surface area contributed by atoms with Crippen LogP contribution < -0.4 is 15.5 Å². The van der Waals surface area contributed by atoms with Crippen molar-refractivity contribution < 1.29 is 9.53 Å². The molecule has 1 heterocycles. The zero-order valence-corrected chi connectivity index (χ0v) is 17.5. The van der Waals surface area contributed by atoms with Gasteiger partial charge in [0.2, 0.25) is 0 Å². The molecule has 0 spiro atoms. The Labute approximate surface area is 178 Å². The molecule has 1 saturated heterocycles. The SMILES string of the molecule is CCc1ccc(C(C)NC(=O)/C(C#N)=C\Nc2ccccc2N2CCOCC2)cc1. The molecule has 0 aliphatic carbocycles. The molecule has 1 unspecified atom stereocenters. The summed E-state index contributed by atoms with van der Waals surface area (Å²) < 4.78 is 5.42. The number of benzene rings is 2. The van der Waals surface area contributed by atoms with Crippen molar-refractivity contribution in [1.82, 2.24) is 5.32 Å². The number of hydrogen-bond acceptors (Lipinski definition) is 5. The maximum absolute atomic E-state index is 12.6. The summed E-state index contributed by atoms with van der Waals surface area (Å²) in [5, 5.41) is 15.5. The minimum absolute atomic E-state index is 0.0313. The van der Waals surface area contributed by atoms with Crippen LogP contribution in [0.5, 0.6) is 0 Å². The highest BCUT2D eigenvalue weighted by atomic mass is 16.5. The molecule has 0 aromatic heterocycles. The fourth-order valence-electron chi connectivity index (χ4n) is 3.37. The first-order valence-electron chi connectivity index (χ1n) is 10.3. The van der Waals surface area contributed by atoms with Gasteiger partial charge in [-0.05, 0) is 36.6 Å². The summed E-state index contributed by atoms with van der Waals surface area (Å²) in [7, 11) is 0. The van der Waals surface area contributed by atoms with Gasteiger partial charge in [0.05, 0.1) is 30.6 Å². The van der Waals surface area contributed by atoms with Crippen LogP contribution in [0.3, 0.4) is 0 Å². The Morgan fingerprint density at radius 2 is 1.90 bits per heavy atom. The second-order valence-electron chi connectivity index (χ2n) is 7.22. The number of amides is 1. The summed E-state index contributed by atoms with van der Waals surface area (Å²) in [5.41, 5.74) is 4.16. The van der Waals surface area contributed by atoms with Gasteiger partial charge in [0.1, 0.15) is 11.6 Å². The molecule has 30 heavy (non-hydrogen) atoms. The molecule has 0 radical (unpaired) electrons. The Bertz CT molecular complexity index is 925. The molecule has 1 atom stereocenters. The van der Waals surface area contributed by atoms with E-state index in [1.54, 1.807) is 0 Å². The number of para-hydroxylation sites is 2. The van der Waals surface area contributed by atoms with E-state index in [9.17, 15) is 10.1 Å². The highest BCUT2D eigenvalue weighted by molar-refractivity contribution is 5.97. The lowest BCUT2D eigenvalue weighted by Gasteiger charge is -2.30. The highest BCUT2D eigenvalue weighted by Gasteiger charge is 2.16. The molecule has 0 saturated carbocycles. The lowest BCUT2D eigenvalue weighted by molar-refractivity contribution is -0.117. The van der Waals surface area contributed by atoms with Crippen molar-refractivity contribution in [2.75, 3.05) is 36.5 Å². The maximum atomic E-state index is 12.6. The molecule has 1 aliphatic rings.